The van der Waals surface area contributed by atoms with Crippen molar-refractivity contribution in [3.63, 3.8) is 0 Å². The van der Waals surface area contributed by atoms with Crippen LogP contribution in [-0.2, 0) is 13.1 Å². The Bertz CT molecular complexity index is 569. The molecule has 1 heterocycles. The van der Waals surface area contributed by atoms with Gasteiger partial charge in [0.2, 0.25) is 0 Å². The van der Waals surface area contributed by atoms with Gasteiger partial charge in [0, 0.05) is 29.9 Å². The van der Waals surface area contributed by atoms with Crippen LogP contribution in [0.2, 0.25) is 0 Å². The molecule has 100 valence electrons. The van der Waals surface area contributed by atoms with E-state index in [1.165, 1.54) is 0 Å². The zero-order chi connectivity index (χ0) is 13.8. The number of nitrogens with one attached hydrogen (secondary N) is 2. The van der Waals surface area contributed by atoms with Gasteiger partial charge in [-0.1, -0.05) is 18.2 Å². The third-order valence-electron chi connectivity index (χ3n) is 3.19. The minimum absolute atomic E-state index is 0.110. The minimum atomic E-state index is -0.110. The van der Waals surface area contributed by atoms with Crippen LogP contribution in [-0.4, -0.2) is 16.1 Å². The molecule has 0 aliphatic heterocycles. The van der Waals surface area contributed by atoms with Gasteiger partial charge in [0.1, 0.15) is 0 Å². The fraction of sp³-hybridized carbons (Fsp3) is 0.286. The fourth-order valence-electron chi connectivity index (χ4n) is 2.02. The second-order valence-corrected chi connectivity index (χ2v) is 4.46. The zero-order valence-corrected chi connectivity index (χ0v) is 11.2. The average Bonchev–Trinajstić information content (AvgIpc) is 2.75. The van der Waals surface area contributed by atoms with Gasteiger partial charge in [0.25, 0.3) is 5.91 Å². The summed E-state index contributed by atoms with van der Waals surface area (Å²) in [5.74, 6) is -0.110. The van der Waals surface area contributed by atoms with Gasteiger partial charge in [0.15, 0.2) is 0 Å². The number of benzene rings is 1. The lowest BCUT2D eigenvalue weighted by molar-refractivity contribution is 0.0950. The predicted octanol–water partition coefficient (Wildman–Crippen LogP) is 1.42. The lowest BCUT2D eigenvalue weighted by Gasteiger charge is -2.09. The molecular weight excluding hydrogens is 240 g/mol. The van der Waals surface area contributed by atoms with E-state index in [9.17, 15) is 4.79 Å². The normalized spacial score (nSPS) is 10.5. The highest BCUT2D eigenvalue weighted by molar-refractivity contribution is 5.95. The lowest BCUT2D eigenvalue weighted by atomic mass is 10.1. The summed E-state index contributed by atoms with van der Waals surface area (Å²) in [6, 6.07) is 7.36. The van der Waals surface area contributed by atoms with Crippen LogP contribution >= 0.6 is 0 Å². The van der Waals surface area contributed by atoms with E-state index in [4.69, 9.17) is 5.73 Å². The van der Waals surface area contributed by atoms with Crippen molar-refractivity contribution in [3.8, 4) is 0 Å². The molecule has 4 N–H and O–H groups in total. The van der Waals surface area contributed by atoms with Crippen molar-refractivity contribution >= 4 is 5.91 Å². The van der Waals surface area contributed by atoms with Crippen LogP contribution in [0.25, 0.3) is 0 Å². The van der Waals surface area contributed by atoms with Crippen LogP contribution in [0.1, 0.15) is 32.9 Å². The molecule has 1 aromatic heterocycles. The van der Waals surface area contributed by atoms with Crippen molar-refractivity contribution in [1.29, 1.82) is 0 Å². The van der Waals surface area contributed by atoms with Crippen molar-refractivity contribution < 1.29 is 4.79 Å². The lowest BCUT2D eigenvalue weighted by Crippen LogP contribution is -2.25. The Morgan fingerprint density at radius 1 is 1.37 bits per heavy atom. The van der Waals surface area contributed by atoms with Crippen LogP contribution in [0, 0.1) is 13.8 Å². The number of amides is 1. The van der Waals surface area contributed by atoms with Crippen molar-refractivity contribution in [1.82, 2.24) is 15.5 Å². The number of carbonyl (C=O) groups is 1. The van der Waals surface area contributed by atoms with Crippen LogP contribution < -0.4 is 11.1 Å². The van der Waals surface area contributed by atoms with Crippen molar-refractivity contribution in [2.45, 2.75) is 26.9 Å². The van der Waals surface area contributed by atoms with Crippen molar-refractivity contribution in [3.05, 3.63) is 52.3 Å². The van der Waals surface area contributed by atoms with E-state index in [-0.39, 0.29) is 5.91 Å². The summed E-state index contributed by atoms with van der Waals surface area (Å²) in [6.45, 7) is 4.67. The number of aromatic amines is 1. The van der Waals surface area contributed by atoms with Crippen LogP contribution in [0.3, 0.4) is 0 Å². The standard InChI is InChI=1S/C14H18N4O/c1-9-13(10(2)18-17-9)8-16-14(19)12-6-4-3-5-11(12)7-15/h3-6H,7-8,15H2,1-2H3,(H,16,19)(H,17,18). The number of aromatic nitrogens is 2. The van der Waals surface area contributed by atoms with E-state index in [1.807, 2.05) is 32.0 Å². The topological polar surface area (TPSA) is 83.8 Å². The number of aryl methyl sites for hydroxylation is 2. The highest BCUT2D eigenvalue weighted by Gasteiger charge is 2.11. The summed E-state index contributed by atoms with van der Waals surface area (Å²) in [4.78, 5) is 12.1. The van der Waals surface area contributed by atoms with Gasteiger partial charge in [-0.05, 0) is 25.5 Å². The van der Waals surface area contributed by atoms with Crippen LogP contribution in [0.15, 0.2) is 24.3 Å². The van der Waals surface area contributed by atoms with Gasteiger partial charge in [0.05, 0.1) is 5.69 Å². The summed E-state index contributed by atoms with van der Waals surface area (Å²) < 4.78 is 0. The number of nitrogens with two attached hydrogens (primary N) is 1. The molecule has 5 heteroatoms. The molecule has 1 aromatic carbocycles. The van der Waals surface area contributed by atoms with Gasteiger partial charge < -0.3 is 11.1 Å². The van der Waals surface area contributed by atoms with Gasteiger partial charge in [-0.25, -0.2) is 0 Å². The molecule has 2 rings (SSSR count). The Labute approximate surface area is 112 Å². The number of hydrogen-bond acceptors (Lipinski definition) is 3. The smallest absolute Gasteiger partial charge is 0.251 e. The van der Waals surface area contributed by atoms with E-state index in [0.717, 1.165) is 22.5 Å². The third-order valence-corrected chi connectivity index (χ3v) is 3.19. The molecule has 0 unspecified atom stereocenters. The quantitative estimate of drug-likeness (QED) is 0.775. The monoisotopic (exact) mass is 258 g/mol. The Hall–Kier alpha value is -2.14. The maximum atomic E-state index is 12.1. The van der Waals surface area contributed by atoms with Crippen molar-refractivity contribution in [2.24, 2.45) is 5.73 Å². The van der Waals surface area contributed by atoms with E-state index < -0.39 is 0 Å². The van der Waals surface area contributed by atoms with Gasteiger partial charge in [-0.2, -0.15) is 5.10 Å². The molecule has 0 fully saturated rings. The maximum Gasteiger partial charge on any atom is 0.251 e. The molecular formula is C14H18N4O. The number of rotatable bonds is 4. The Balaban J connectivity index is 2.10. The highest BCUT2D eigenvalue weighted by atomic mass is 16.1. The second-order valence-electron chi connectivity index (χ2n) is 4.46. The van der Waals surface area contributed by atoms with E-state index in [1.54, 1.807) is 6.07 Å². The molecule has 1 amide bonds. The first kappa shape index (κ1) is 13.3. The third kappa shape index (κ3) is 2.82. The van der Waals surface area contributed by atoms with E-state index in [0.29, 0.717) is 18.7 Å². The largest absolute Gasteiger partial charge is 0.348 e. The Kier molecular flexibility index (Phi) is 3.97. The highest BCUT2D eigenvalue weighted by Crippen LogP contribution is 2.11. The number of hydrogen-bond donors (Lipinski definition) is 3. The summed E-state index contributed by atoms with van der Waals surface area (Å²) >= 11 is 0. The first-order valence-corrected chi connectivity index (χ1v) is 6.20. The van der Waals surface area contributed by atoms with Crippen LogP contribution in [0.5, 0.6) is 0 Å². The molecule has 0 aliphatic rings. The maximum absolute atomic E-state index is 12.1. The SMILES string of the molecule is Cc1n[nH]c(C)c1CNC(=O)c1ccccc1CN. The molecule has 0 radical (unpaired) electrons. The number of H-pyrrole nitrogens is 1. The fourth-order valence-corrected chi connectivity index (χ4v) is 2.02. The summed E-state index contributed by atoms with van der Waals surface area (Å²) in [5, 5.41) is 9.91. The molecule has 0 bridgehead atoms. The molecule has 0 atom stereocenters. The average molecular weight is 258 g/mol. The molecule has 0 spiro atoms. The molecule has 19 heavy (non-hydrogen) atoms. The van der Waals surface area contributed by atoms with Crippen LogP contribution in [0.4, 0.5) is 0 Å². The first-order valence-electron chi connectivity index (χ1n) is 6.20. The molecule has 2 aromatic rings. The minimum Gasteiger partial charge on any atom is -0.348 e. The predicted molar refractivity (Wildman–Crippen MR) is 73.6 cm³/mol. The Morgan fingerprint density at radius 2 is 2.11 bits per heavy atom. The molecule has 5 nitrogen and oxygen atoms in total. The summed E-state index contributed by atoms with van der Waals surface area (Å²) in [5.41, 5.74) is 10.0. The van der Waals surface area contributed by atoms with E-state index >= 15 is 0 Å². The second kappa shape index (κ2) is 5.67. The molecule has 0 aliphatic carbocycles. The Morgan fingerprint density at radius 3 is 2.74 bits per heavy atom. The molecule has 0 saturated carbocycles. The number of nitrogens with zero attached hydrogens (tertiary/aromatic N) is 1. The zero-order valence-electron chi connectivity index (χ0n) is 11.2. The van der Waals surface area contributed by atoms with Gasteiger partial charge in [-0.3, -0.25) is 9.89 Å². The number of carbonyl (C=O) groups excluding carboxylic acids is 1. The summed E-state index contributed by atoms with van der Waals surface area (Å²) in [6.07, 6.45) is 0. The van der Waals surface area contributed by atoms with Gasteiger partial charge in [-0.15, -0.1) is 0 Å². The van der Waals surface area contributed by atoms with Gasteiger partial charge >= 0.3 is 0 Å². The van der Waals surface area contributed by atoms with Crippen molar-refractivity contribution in [2.75, 3.05) is 0 Å². The summed E-state index contributed by atoms with van der Waals surface area (Å²) in [7, 11) is 0. The molecule has 0 saturated heterocycles. The first-order chi connectivity index (χ1) is 9.13. The van der Waals surface area contributed by atoms with E-state index in [2.05, 4.69) is 15.5 Å².